The normalized spacial score (nSPS) is 10.3. The molecule has 0 aliphatic heterocycles. The number of nitrogens with two attached hydrogens (primary N) is 1. The van der Waals surface area contributed by atoms with Crippen LogP contribution in [0.5, 0.6) is 0 Å². The number of carbonyl (C=O) groups is 1. The molecule has 0 radical (unpaired) electrons. The predicted molar refractivity (Wildman–Crippen MR) is 68.1 cm³/mol. The molecule has 1 heterocycles. The first kappa shape index (κ1) is 12.2. The van der Waals surface area contributed by atoms with Gasteiger partial charge in [0.05, 0.1) is 12.1 Å². The first-order valence-electron chi connectivity index (χ1n) is 5.68. The van der Waals surface area contributed by atoms with Crippen LogP contribution < -0.4 is 5.73 Å². The van der Waals surface area contributed by atoms with Crippen molar-refractivity contribution in [2.24, 2.45) is 0 Å². The minimum Gasteiger partial charge on any atom is -0.460 e. The van der Waals surface area contributed by atoms with E-state index in [1.807, 2.05) is 25.3 Å². The van der Waals surface area contributed by atoms with Crippen LogP contribution in [0.25, 0.3) is 0 Å². The van der Waals surface area contributed by atoms with Gasteiger partial charge in [-0.05, 0) is 24.6 Å². The van der Waals surface area contributed by atoms with Gasteiger partial charge in [0.2, 0.25) is 0 Å². The highest BCUT2D eigenvalue weighted by Gasteiger charge is 2.11. The molecule has 0 aliphatic carbocycles. The standard InChI is InChI=1S/C13H15N3O2/c1-10-4-2-5-11(12(10)14)13(17)18-9-8-16-7-3-6-15-16/h2-7H,8-9,14H2,1H3. The molecule has 0 fully saturated rings. The molecule has 0 bridgehead atoms. The van der Waals surface area contributed by atoms with Crippen molar-refractivity contribution in [2.45, 2.75) is 13.5 Å². The molecular formula is C13H15N3O2. The first-order valence-corrected chi connectivity index (χ1v) is 5.68. The lowest BCUT2D eigenvalue weighted by atomic mass is 10.1. The zero-order valence-corrected chi connectivity index (χ0v) is 10.2. The number of ether oxygens (including phenoxy) is 1. The van der Waals surface area contributed by atoms with E-state index in [4.69, 9.17) is 10.5 Å². The van der Waals surface area contributed by atoms with Crippen LogP contribution >= 0.6 is 0 Å². The highest BCUT2D eigenvalue weighted by molar-refractivity contribution is 5.95. The van der Waals surface area contributed by atoms with Gasteiger partial charge in [0.25, 0.3) is 0 Å². The number of nitrogen functional groups attached to an aromatic ring is 1. The number of aromatic nitrogens is 2. The molecule has 5 heteroatoms. The van der Waals surface area contributed by atoms with Gasteiger partial charge in [-0.3, -0.25) is 4.68 Å². The van der Waals surface area contributed by atoms with E-state index in [0.717, 1.165) is 5.56 Å². The Morgan fingerprint density at radius 1 is 1.44 bits per heavy atom. The fourth-order valence-corrected chi connectivity index (χ4v) is 1.60. The number of aryl methyl sites for hydroxylation is 1. The Morgan fingerprint density at radius 2 is 2.28 bits per heavy atom. The smallest absolute Gasteiger partial charge is 0.340 e. The zero-order chi connectivity index (χ0) is 13.0. The van der Waals surface area contributed by atoms with Crippen molar-refractivity contribution in [2.75, 3.05) is 12.3 Å². The third kappa shape index (κ3) is 2.68. The van der Waals surface area contributed by atoms with Gasteiger partial charge in [-0.2, -0.15) is 5.10 Å². The average molecular weight is 245 g/mol. The van der Waals surface area contributed by atoms with Crippen molar-refractivity contribution in [1.82, 2.24) is 9.78 Å². The van der Waals surface area contributed by atoms with Gasteiger partial charge in [0.15, 0.2) is 0 Å². The Morgan fingerprint density at radius 3 is 3.00 bits per heavy atom. The number of para-hydroxylation sites is 1. The van der Waals surface area contributed by atoms with E-state index in [1.165, 1.54) is 0 Å². The maximum atomic E-state index is 11.8. The summed E-state index contributed by atoms with van der Waals surface area (Å²) < 4.78 is 6.86. The lowest BCUT2D eigenvalue weighted by Crippen LogP contribution is -2.13. The molecule has 2 rings (SSSR count). The van der Waals surface area contributed by atoms with Crippen LogP contribution in [0.1, 0.15) is 15.9 Å². The quantitative estimate of drug-likeness (QED) is 0.656. The molecule has 18 heavy (non-hydrogen) atoms. The summed E-state index contributed by atoms with van der Waals surface area (Å²) in [6, 6.07) is 7.13. The molecule has 2 aromatic rings. The summed E-state index contributed by atoms with van der Waals surface area (Å²) in [5.41, 5.74) is 7.59. The number of rotatable bonds is 4. The van der Waals surface area contributed by atoms with Gasteiger partial charge >= 0.3 is 5.97 Å². The number of nitrogens with zero attached hydrogens (tertiary/aromatic N) is 2. The highest BCUT2D eigenvalue weighted by Crippen LogP contribution is 2.17. The predicted octanol–water partition coefficient (Wildman–Crippen LogP) is 1.63. The van der Waals surface area contributed by atoms with Crippen molar-refractivity contribution < 1.29 is 9.53 Å². The Kier molecular flexibility index (Phi) is 3.62. The second-order valence-corrected chi connectivity index (χ2v) is 3.94. The van der Waals surface area contributed by atoms with Crippen molar-refractivity contribution in [3.8, 4) is 0 Å². The Hall–Kier alpha value is -2.30. The van der Waals surface area contributed by atoms with E-state index in [2.05, 4.69) is 5.10 Å². The van der Waals surface area contributed by atoms with E-state index >= 15 is 0 Å². The van der Waals surface area contributed by atoms with Crippen molar-refractivity contribution in [3.63, 3.8) is 0 Å². The molecule has 0 saturated carbocycles. The van der Waals surface area contributed by atoms with E-state index in [0.29, 0.717) is 17.8 Å². The largest absolute Gasteiger partial charge is 0.460 e. The molecule has 5 nitrogen and oxygen atoms in total. The van der Waals surface area contributed by atoms with Crippen molar-refractivity contribution in [1.29, 1.82) is 0 Å². The zero-order valence-electron chi connectivity index (χ0n) is 10.2. The van der Waals surface area contributed by atoms with E-state index in [1.54, 1.807) is 23.0 Å². The second-order valence-electron chi connectivity index (χ2n) is 3.94. The molecule has 1 aromatic carbocycles. The SMILES string of the molecule is Cc1cccc(C(=O)OCCn2cccn2)c1N. The van der Waals surface area contributed by atoms with Gasteiger partial charge in [0, 0.05) is 18.1 Å². The Labute approximate surface area is 105 Å². The van der Waals surface area contributed by atoms with E-state index in [9.17, 15) is 4.79 Å². The number of carbonyl (C=O) groups excluding carboxylic acids is 1. The number of esters is 1. The maximum Gasteiger partial charge on any atom is 0.340 e. The van der Waals surface area contributed by atoms with Crippen LogP contribution in [0.2, 0.25) is 0 Å². The molecule has 0 unspecified atom stereocenters. The number of hydrogen-bond acceptors (Lipinski definition) is 4. The van der Waals surface area contributed by atoms with Crippen LogP contribution in [0, 0.1) is 6.92 Å². The minimum absolute atomic E-state index is 0.272. The van der Waals surface area contributed by atoms with Crippen LogP contribution in [0.15, 0.2) is 36.7 Å². The second kappa shape index (κ2) is 5.35. The molecule has 2 N–H and O–H groups in total. The third-order valence-electron chi connectivity index (χ3n) is 2.66. The molecule has 0 spiro atoms. The topological polar surface area (TPSA) is 70.1 Å². The summed E-state index contributed by atoms with van der Waals surface area (Å²) in [5.74, 6) is -0.400. The van der Waals surface area contributed by atoms with Crippen molar-refractivity contribution in [3.05, 3.63) is 47.8 Å². The molecule has 0 saturated heterocycles. The highest BCUT2D eigenvalue weighted by atomic mass is 16.5. The molecule has 94 valence electrons. The summed E-state index contributed by atoms with van der Waals surface area (Å²) in [6.07, 6.45) is 3.50. The summed E-state index contributed by atoms with van der Waals surface area (Å²) in [4.78, 5) is 11.8. The van der Waals surface area contributed by atoms with Crippen LogP contribution in [0.4, 0.5) is 5.69 Å². The molecule has 0 amide bonds. The number of anilines is 1. The van der Waals surface area contributed by atoms with E-state index in [-0.39, 0.29) is 6.61 Å². The van der Waals surface area contributed by atoms with Gasteiger partial charge in [-0.25, -0.2) is 4.79 Å². The lowest BCUT2D eigenvalue weighted by molar-refractivity contribution is 0.0489. The van der Waals surface area contributed by atoms with Crippen LogP contribution in [-0.2, 0) is 11.3 Å². The number of benzene rings is 1. The molecule has 1 aromatic heterocycles. The minimum atomic E-state index is -0.400. The molecule has 0 aliphatic rings. The summed E-state index contributed by atoms with van der Waals surface area (Å²) in [5, 5.41) is 4.02. The lowest BCUT2D eigenvalue weighted by Gasteiger charge is -2.08. The summed E-state index contributed by atoms with van der Waals surface area (Å²) >= 11 is 0. The van der Waals surface area contributed by atoms with Crippen molar-refractivity contribution >= 4 is 11.7 Å². The summed E-state index contributed by atoms with van der Waals surface area (Å²) in [7, 11) is 0. The first-order chi connectivity index (χ1) is 8.68. The Bertz CT molecular complexity index is 535. The van der Waals surface area contributed by atoms with Crippen LogP contribution in [0.3, 0.4) is 0 Å². The summed E-state index contributed by atoms with van der Waals surface area (Å²) in [6.45, 7) is 2.66. The van der Waals surface area contributed by atoms with Gasteiger partial charge in [-0.1, -0.05) is 12.1 Å². The third-order valence-corrected chi connectivity index (χ3v) is 2.66. The number of hydrogen-bond donors (Lipinski definition) is 1. The maximum absolute atomic E-state index is 11.8. The van der Waals surface area contributed by atoms with E-state index < -0.39 is 5.97 Å². The van der Waals surface area contributed by atoms with Gasteiger partial charge < -0.3 is 10.5 Å². The van der Waals surface area contributed by atoms with Crippen LogP contribution in [-0.4, -0.2) is 22.4 Å². The fourth-order valence-electron chi connectivity index (χ4n) is 1.60. The van der Waals surface area contributed by atoms with Gasteiger partial charge in [0.1, 0.15) is 6.61 Å². The monoisotopic (exact) mass is 245 g/mol. The molecular weight excluding hydrogens is 230 g/mol. The van der Waals surface area contributed by atoms with Gasteiger partial charge in [-0.15, -0.1) is 0 Å². The fraction of sp³-hybridized carbons (Fsp3) is 0.231. The molecule has 0 atom stereocenters. The Balaban J connectivity index is 1.93. The average Bonchev–Trinajstić information content (AvgIpc) is 2.85.